The molecule has 2 aromatic rings. The minimum Gasteiger partial charge on any atom is -0.307 e. The van der Waals surface area contributed by atoms with E-state index in [9.17, 15) is 4.79 Å². The Morgan fingerprint density at radius 3 is 2.81 bits per heavy atom. The number of anilines is 1. The molecule has 1 aliphatic rings. The van der Waals surface area contributed by atoms with E-state index in [2.05, 4.69) is 64.6 Å². The lowest BCUT2D eigenvalue weighted by molar-refractivity contribution is -0.118. The molecule has 7 heteroatoms. The maximum absolute atomic E-state index is 12.3. The molecule has 0 spiro atoms. The lowest BCUT2D eigenvalue weighted by Crippen LogP contribution is -2.44. The third-order valence-corrected chi connectivity index (χ3v) is 4.27. The van der Waals surface area contributed by atoms with E-state index in [1.807, 2.05) is 12.1 Å². The molecular formula is C14H12Br2N4O. The molecule has 0 fully saturated rings. The lowest BCUT2D eigenvalue weighted by atomic mass is 9.95. The first kappa shape index (κ1) is 14.6. The molecule has 21 heavy (non-hydrogen) atoms. The summed E-state index contributed by atoms with van der Waals surface area (Å²) in [6.45, 7) is 0.696. The van der Waals surface area contributed by atoms with Crippen LogP contribution in [0.15, 0.2) is 39.7 Å². The van der Waals surface area contributed by atoms with Crippen LogP contribution in [-0.4, -0.2) is 21.9 Å². The van der Waals surface area contributed by atoms with Gasteiger partial charge in [-0.3, -0.25) is 4.79 Å². The van der Waals surface area contributed by atoms with Crippen LogP contribution in [0.2, 0.25) is 0 Å². The minimum atomic E-state index is -0.266. The summed E-state index contributed by atoms with van der Waals surface area (Å²) >= 11 is 6.52. The van der Waals surface area contributed by atoms with Crippen LogP contribution in [0.1, 0.15) is 11.1 Å². The second-order valence-electron chi connectivity index (χ2n) is 4.73. The summed E-state index contributed by atoms with van der Waals surface area (Å²) < 4.78 is 1.11. The lowest BCUT2D eigenvalue weighted by Gasteiger charge is -2.25. The van der Waals surface area contributed by atoms with E-state index in [1.54, 1.807) is 6.20 Å². The Labute approximate surface area is 138 Å². The van der Waals surface area contributed by atoms with Crippen molar-refractivity contribution in [1.82, 2.24) is 15.3 Å². The molecule has 1 aromatic carbocycles. The molecule has 0 radical (unpaired) electrons. The zero-order valence-corrected chi connectivity index (χ0v) is 14.1. The zero-order valence-electron chi connectivity index (χ0n) is 10.9. The fourth-order valence-electron chi connectivity index (χ4n) is 2.27. The first-order valence-corrected chi connectivity index (χ1v) is 8.01. The van der Waals surface area contributed by atoms with Crippen LogP contribution in [0.4, 0.5) is 5.82 Å². The molecule has 2 N–H and O–H groups in total. The van der Waals surface area contributed by atoms with E-state index in [4.69, 9.17) is 0 Å². The molecule has 1 aromatic heterocycles. The van der Waals surface area contributed by atoms with Crippen molar-refractivity contribution < 1.29 is 4.79 Å². The average molecular weight is 412 g/mol. The van der Waals surface area contributed by atoms with Gasteiger partial charge in [0, 0.05) is 6.54 Å². The Balaban J connectivity index is 1.72. The SMILES string of the molecule is O=C(Nc1ncc(Br)nc1Br)[C@@H]1Cc2ccccc2CN1. The number of nitrogens with zero attached hydrogens (tertiary/aromatic N) is 2. The second-order valence-corrected chi connectivity index (χ2v) is 6.29. The van der Waals surface area contributed by atoms with Gasteiger partial charge in [0.1, 0.15) is 9.21 Å². The highest BCUT2D eigenvalue weighted by Crippen LogP contribution is 2.21. The van der Waals surface area contributed by atoms with Crippen LogP contribution >= 0.6 is 31.9 Å². The Morgan fingerprint density at radius 1 is 1.29 bits per heavy atom. The minimum absolute atomic E-state index is 0.109. The van der Waals surface area contributed by atoms with Crippen molar-refractivity contribution in [3.63, 3.8) is 0 Å². The van der Waals surface area contributed by atoms with Crippen LogP contribution in [-0.2, 0) is 17.8 Å². The van der Waals surface area contributed by atoms with Crippen LogP contribution < -0.4 is 10.6 Å². The quantitative estimate of drug-likeness (QED) is 0.797. The van der Waals surface area contributed by atoms with Crippen molar-refractivity contribution in [2.75, 3.05) is 5.32 Å². The van der Waals surface area contributed by atoms with E-state index in [1.165, 1.54) is 11.1 Å². The molecule has 0 aliphatic carbocycles. The van der Waals surface area contributed by atoms with E-state index in [0.717, 1.165) is 0 Å². The van der Waals surface area contributed by atoms with Gasteiger partial charge in [0.15, 0.2) is 5.82 Å². The summed E-state index contributed by atoms with van der Waals surface area (Å²) in [7, 11) is 0. The van der Waals surface area contributed by atoms with Gasteiger partial charge in [-0.15, -0.1) is 0 Å². The van der Waals surface area contributed by atoms with Gasteiger partial charge in [-0.25, -0.2) is 9.97 Å². The van der Waals surface area contributed by atoms with E-state index < -0.39 is 0 Å². The molecule has 2 heterocycles. The van der Waals surface area contributed by atoms with Crippen LogP contribution in [0.5, 0.6) is 0 Å². The number of amides is 1. The summed E-state index contributed by atoms with van der Waals surface area (Å²) in [5.41, 5.74) is 2.45. The third-order valence-electron chi connectivity index (χ3n) is 3.34. The molecule has 1 atom stereocenters. The number of benzene rings is 1. The molecule has 0 bridgehead atoms. The smallest absolute Gasteiger partial charge is 0.243 e. The number of rotatable bonds is 2. The van der Waals surface area contributed by atoms with Crippen molar-refractivity contribution in [2.45, 2.75) is 19.0 Å². The predicted molar refractivity (Wildman–Crippen MR) is 86.8 cm³/mol. The molecular weight excluding hydrogens is 400 g/mol. The zero-order chi connectivity index (χ0) is 14.8. The summed E-state index contributed by atoms with van der Waals surface area (Å²) in [6.07, 6.45) is 2.22. The first-order valence-electron chi connectivity index (χ1n) is 6.42. The van der Waals surface area contributed by atoms with Crippen LogP contribution in [0, 0.1) is 0 Å². The standard InChI is InChI=1S/C14H12Br2N4O/c15-11-7-18-13(12(16)19-11)20-14(21)10-5-8-3-1-2-4-9(8)6-17-10/h1-4,7,10,17H,5-6H2,(H,18,20,21)/t10-/m0/s1. The third kappa shape index (κ3) is 3.30. The van der Waals surface area contributed by atoms with Gasteiger partial charge < -0.3 is 10.6 Å². The number of carbonyl (C=O) groups excluding carboxylic acids is 1. The highest BCUT2D eigenvalue weighted by Gasteiger charge is 2.24. The van der Waals surface area contributed by atoms with Crippen LogP contribution in [0.3, 0.4) is 0 Å². The Morgan fingerprint density at radius 2 is 2.05 bits per heavy atom. The monoisotopic (exact) mass is 410 g/mol. The summed E-state index contributed by atoms with van der Waals surface area (Å²) in [5.74, 6) is 0.311. The molecule has 0 saturated carbocycles. The summed E-state index contributed by atoms with van der Waals surface area (Å²) in [5, 5.41) is 6.04. The molecule has 5 nitrogen and oxygen atoms in total. The van der Waals surface area contributed by atoms with Crippen LogP contribution in [0.25, 0.3) is 0 Å². The summed E-state index contributed by atoms with van der Waals surface area (Å²) in [6, 6.07) is 7.88. The van der Waals surface area contributed by atoms with E-state index in [-0.39, 0.29) is 11.9 Å². The molecule has 1 amide bonds. The fraction of sp³-hybridized carbons (Fsp3) is 0.214. The normalized spacial score (nSPS) is 17.1. The van der Waals surface area contributed by atoms with Gasteiger partial charge in [-0.1, -0.05) is 24.3 Å². The van der Waals surface area contributed by atoms with E-state index >= 15 is 0 Å². The van der Waals surface area contributed by atoms with E-state index in [0.29, 0.717) is 28.0 Å². The number of carbonyl (C=O) groups is 1. The number of fused-ring (bicyclic) bond motifs is 1. The highest BCUT2D eigenvalue weighted by molar-refractivity contribution is 9.11. The largest absolute Gasteiger partial charge is 0.307 e. The fourth-order valence-corrected chi connectivity index (χ4v) is 3.18. The number of hydrogen-bond donors (Lipinski definition) is 2. The molecule has 0 unspecified atom stereocenters. The average Bonchev–Trinajstić information content (AvgIpc) is 2.49. The van der Waals surface area contributed by atoms with Gasteiger partial charge in [-0.2, -0.15) is 0 Å². The van der Waals surface area contributed by atoms with Gasteiger partial charge in [0.05, 0.1) is 12.2 Å². The topological polar surface area (TPSA) is 66.9 Å². The van der Waals surface area contributed by atoms with Gasteiger partial charge in [0.25, 0.3) is 0 Å². The van der Waals surface area contributed by atoms with Gasteiger partial charge >= 0.3 is 0 Å². The molecule has 0 saturated heterocycles. The molecule has 1 aliphatic heterocycles. The number of halogens is 2. The summed E-state index contributed by atoms with van der Waals surface area (Å²) in [4.78, 5) is 20.6. The maximum Gasteiger partial charge on any atom is 0.243 e. The predicted octanol–water partition coefficient (Wildman–Crippen LogP) is 2.65. The Hall–Kier alpha value is -1.31. The first-order chi connectivity index (χ1) is 10.1. The van der Waals surface area contributed by atoms with Gasteiger partial charge in [-0.05, 0) is 49.4 Å². The van der Waals surface area contributed by atoms with Crippen molar-refractivity contribution in [3.8, 4) is 0 Å². The maximum atomic E-state index is 12.3. The Kier molecular flexibility index (Phi) is 4.32. The number of nitrogens with one attached hydrogen (secondary N) is 2. The van der Waals surface area contributed by atoms with Crippen molar-refractivity contribution >= 4 is 43.6 Å². The molecule has 108 valence electrons. The second kappa shape index (κ2) is 6.21. The van der Waals surface area contributed by atoms with Gasteiger partial charge in [0.2, 0.25) is 5.91 Å². The Bertz CT molecular complexity index is 692. The van der Waals surface area contributed by atoms with Crippen molar-refractivity contribution in [2.24, 2.45) is 0 Å². The van der Waals surface area contributed by atoms with Crippen molar-refractivity contribution in [3.05, 3.63) is 50.8 Å². The number of hydrogen-bond acceptors (Lipinski definition) is 4. The number of aromatic nitrogens is 2. The van der Waals surface area contributed by atoms with Crippen molar-refractivity contribution in [1.29, 1.82) is 0 Å². The molecule has 3 rings (SSSR count). The highest BCUT2D eigenvalue weighted by atomic mass is 79.9.